The second-order valence-electron chi connectivity index (χ2n) is 14.2. The lowest BCUT2D eigenvalue weighted by Crippen LogP contribution is -2.08. The van der Waals surface area contributed by atoms with Crippen molar-refractivity contribution in [1.29, 1.82) is 0 Å². The smallest absolute Gasteiger partial charge is 0.297 e. The molecule has 0 radical (unpaired) electrons. The van der Waals surface area contributed by atoms with Crippen LogP contribution in [0.3, 0.4) is 0 Å². The Labute approximate surface area is 395 Å². The number of aryl methyl sites for hydroxylation is 1. The third-order valence-electron chi connectivity index (χ3n) is 9.38. The van der Waals surface area contributed by atoms with Crippen LogP contribution >= 0.6 is 11.3 Å². The Morgan fingerprint density at radius 3 is 2.00 bits per heavy atom. The first-order valence-electron chi connectivity index (χ1n) is 18.8. The largest absolute Gasteiger partial charge is 0.505 e. The fourth-order valence-electron chi connectivity index (χ4n) is 6.33. The maximum Gasteiger partial charge on any atom is 0.297 e. The molecule has 1 atom stereocenters. The second kappa shape index (κ2) is 19.4. The lowest BCUT2D eigenvalue weighted by molar-refractivity contribution is 0.317. The number of phenols is 1. The van der Waals surface area contributed by atoms with Crippen molar-refractivity contribution in [2.75, 3.05) is 12.4 Å². The molecule has 32 heteroatoms. The summed E-state index contributed by atoms with van der Waals surface area (Å²) in [6, 6.07) is 14.3. The van der Waals surface area contributed by atoms with Crippen LogP contribution in [0.4, 0.5) is 33.6 Å². The van der Waals surface area contributed by atoms with Crippen molar-refractivity contribution in [3.05, 3.63) is 90.1 Å². The zero-order valence-electron chi connectivity index (χ0n) is 34.5. The number of nitrogens with zero attached hydrogens (tertiary/aromatic N) is 9. The highest BCUT2D eigenvalue weighted by molar-refractivity contribution is 7.86. The molecule has 0 aliphatic heterocycles. The Kier molecular flexibility index (Phi) is 14.2. The molecule has 0 fully saturated rings. The standard InChI is InChI=1S/C37H31N9O17S6/c1-19-13-28(30(63-11-2-12-66(51,52)53)16-27(19)42-45-37-39-33-31(64-37)14-20(18-65(49)50)15-32(33)68(57,58)59)43-40-25-9-8-24-23(34(25)47)7-10-26(35(24)69(60,61)62)41-44-29-17-38-46(36(29)48)21-3-5-22(6-4-21)67(54,55)56/h3-10,13-17,47-48H,2,11-12,18H2,1H3,(H,49,50)(H,51,52,53)(H,54,55,56)(H,57,58,59)(H,60,61,62). The molecule has 2 aromatic heterocycles. The van der Waals surface area contributed by atoms with Gasteiger partial charge in [0.05, 0.1) is 45.3 Å². The van der Waals surface area contributed by atoms with Gasteiger partial charge < -0.3 is 19.5 Å². The van der Waals surface area contributed by atoms with Gasteiger partial charge in [-0.05, 0) is 85.1 Å². The first-order chi connectivity index (χ1) is 32.3. The highest BCUT2D eigenvalue weighted by atomic mass is 32.2. The number of aromatic nitrogens is 3. The number of ether oxygens (including phenoxy) is 1. The van der Waals surface area contributed by atoms with Crippen LogP contribution in [-0.4, -0.2) is 98.0 Å². The van der Waals surface area contributed by atoms with E-state index in [1.54, 1.807) is 6.92 Å². The average molecular weight is 1070 g/mol. The van der Waals surface area contributed by atoms with Crippen LogP contribution in [0.5, 0.6) is 17.4 Å². The van der Waals surface area contributed by atoms with Crippen LogP contribution in [0.1, 0.15) is 17.5 Å². The van der Waals surface area contributed by atoms with Crippen molar-refractivity contribution < 1.29 is 75.6 Å². The van der Waals surface area contributed by atoms with E-state index in [4.69, 9.17) is 4.74 Å². The van der Waals surface area contributed by atoms with Crippen LogP contribution in [0, 0.1) is 6.92 Å². The van der Waals surface area contributed by atoms with Crippen molar-refractivity contribution >= 4 is 117 Å². The monoisotopic (exact) mass is 1070 g/mol. The molecule has 7 N–H and O–H groups in total. The quantitative estimate of drug-likeness (QED) is 0.0198. The second-order valence-corrected chi connectivity index (χ2v) is 21.9. The number of phenolic OH excluding ortho intramolecular Hbond substituents is 1. The zero-order chi connectivity index (χ0) is 50.2. The number of hydrogen-bond acceptors (Lipinski definition) is 21. The number of azo groups is 3. The third kappa shape index (κ3) is 11.8. The van der Waals surface area contributed by atoms with Gasteiger partial charge in [-0.15, -0.1) is 30.7 Å². The molecule has 362 valence electrons. The van der Waals surface area contributed by atoms with Crippen LogP contribution in [0.25, 0.3) is 26.7 Å². The van der Waals surface area contributed by atoms with E-state index in [1.165, 1.54) is 42.5 Å². The highest BCUT2D eigenvalue weighted by Gasteiger charge is 2.24. The normalized spacial score (nSPS) is 13.4. The molecule has 5 aromatic carbocycles. The number of benzene rings is 5. The lowest BCUT2D eigenvalue weighted by atomic mass is 10.1. The molecule has 0 aliphatic carbocycles. The molecule has 0 saturated carbocycles. The molecular weight excluding hydrogens is 1030 g/mol. The summed E-state index contributed by atoms with van der Waals surface area (Å²) in [5, 5.41) is 49.8. The Morgan fingerprint density at radius 1 is 0.710 bits per heavy atom. The molecule has 0 amide bonds. The van der Waals surface area contributed by atoms with Crippen LogP contribution < -0.4 is 4.74 Å². The molecule has 0 saturated heterocycles. The zero-order valence-corrected chi connectivity index (χ0v) is 39.4. The van der Waals surface area contributed by atoms with Gasteiger partial charge >= 0.3 is 0 Å². The van der Waals surface area contributed by atoms with E-state index in [0.717, 1.165) is 52.5 Å². The van der Waals surface area contributed by atoms with Crippen molar-refractivity contribution in [2.24, 2.45) is 30.7 Å². The predicted molar refractivity (Wildman–Crippen MR) is 245 cm³/mol. The van der Waals surface area contributed by atoms with E-state index in [0.29, 0.717) is 5.56 Å². The first kappa shape index (κ1) is 50.3. The Morgan fingerprint density at radius 2 is 1.35 bits per heavy atom. The maximum absolute atomic E-state index is 12.7. The summed E-state index contributed by atoms with van der Waals surface area (Å²) in [5.74, 6) is -2.40. The average Bonchev–Trinajstić information content (AvgIpc) is 3.84. The van der Waals surface area contributed by atoms with Crippen LogP contribution in [-0.2, 0) is 57.3 Å². The van der Waals surface area contributed by atoms with Gasteiger partial charge in [0, 0.05) is 16.8 Å². The maximum atomic E-state index is 12.7. The number of aromatic hydroxyl groups is 2. The van der Waals surface area contributed by atoms with Crippen molar-refractivity contribution in [1.82, 2.24) is 14.8 Å². The third-order valence-corrected chi connectivity index (χ3v) is 14.3. The Hall–Kier alpha value is -6.59. The van der Waals surface area contributed by atoms with Crippen molar-refractivity contribution in [3.8, 4) is 23.1 Å². The minimum atomic E-state index is -5.11. The number of fused-ring (bicyclic) bond motifs is 2. The molecule has 7 rings (SSSR count). The van der Waals surface area contributed by atoms with E-state index < -0.39 is 95.1 Å². The summed E-state index contributed by atoms with van der Waals surface area (Å²) in [5.41, 5.74) is -0.383. The minimum Gasteiger partial charge on any atom is -0.505 e. The van der Waals surface area contributed by atoms with E-state index >= 15 is 0 Å². The van der Waals surface area contributed by atoms with Gasteiger partial charge in [0.1, 0.15) is 38.1 Å². The summed E-state index contributed by atoms with van der Waals surface area (Å²) in [4.78, 5) is 2.31. The van der Waals surface area contributed by atoms with Crippen LogP contribution in [0.2, 0.25) is 0 Å². The van der Waals surface area contributed by atoms with Gasteiger partial charge in [-0.2, -0.15) is 43.5 Å². The molecule has 2 heterocycles. The Bertz CT molecular complexity index is 3790. The minimum absolute atomic E-state index is 0.0135. The molecule has 0 spiro atoms. The molecule has 7 aromatic rings. The van der Waals surface area contributed by atoms with Crippen LogP contribution in [0.15, 0.2) is 124 Å². The molecule has 69 heavy (non-hydrogen) atoms. The predicted octanol–water partition coefficient (Wildman–Crippen LogP) is 7.72. The molecule has 0 bridgehead atoms. The number of thiazole rings is 1. The fraction of sp³-hybridized carbons (Fsp3) is 0.135. The summed E-state index contributed by atoms with van der Waals surface area (Å²) in [6.45, 7) is 1.29. The highest BCUT2D eigenvalue weighted by Crippen LogP contribution is 2.44. The molecule has 1 unspecified atom stereocenters. The first-order valence-corrected chi connectivity index (χ1v) is 26.9. The summed E-state index contributed by atoms with van der Waals surface area (Å²) in [6.07, 6.45) is 0.861. The van der Waals surface area contributed by atoms with Gasteiger partial charge in [-0.3, -0.25) is 18.2 Å². The van der Waals surface area contributed by atoms with E-state index in [1.807, 2.05) is 0 Å². The van der Waals surface area contributed by atoms with E-state index in [9.17, 15) is 70.9 Å². The Balaban J connectivity index is 1.20. The van der Waals surface area contributed by atoms with E-state index in [2.05, 4.69) is 40.8 Å². The van der Waals surface area contributed by atoms with Gasteiger partial charge in [0.15, 0.2) is 22.5 Å². The van der Waals surface area contributed by atoms with E-state index in [-0.39, 0.29) is 78.9 Å². The van der Waals surface area contributed by atoms with Gasteiger partial charge in [-0.25, -0.2) is 9.19 Å². The van der Waals surface area contributed by atoms with Gasteiger partial charge in [0.2, 0.25) is 11.0 Å². The number of rotatable bonds is 17. The van der Waals surface area contributed by atoms with Gasteiger partial charge in [0.25, 0.3) is 40.5 Å². The lowest BCUT2D eigenvalue weighted by Gasteiger charge is -2.11. The number of hydrogen-bond donors (Lipinski definition) is 7. The molecular formula is C37H31N9O17S6. The van der Waals surface area contributed by atoms with Crippen molar-refractivity contribution in [2.45, 2.75) is 33.8 Å². The molecule has 26 nitrogen and oxygen atoms in total. The summed E-state index contributed by atoms with van der Waals surface area (Å²) in [7, 11) is -18.8. The van der Waals surface area contributed by atoms with Gasteiger partial charge in [-0.1, -0.05) is 17.4 Å². The fourth-order valence-corrected chi connectivity index (χ4v) is 10.2. The van der Waals surface area contributed by atoms with Crippen molar-refractivity contribution in [3.63, 3.8) is 0 Å². The molecule has 0 aliphatic rings. The SMILES string of the molecule is Cc1cc(N=Nc2ccc3c(S(=O)(=O)O)c(N=Nc4cnn(-c5ccc(S(=O)(=O)O)cc5)c4O)ccc3c2O)c(OCCCS(=O)(=O)O)cc1N=Nc1nc2c(S(=O)(=O)O)cc(CS(=O)O)cc2s1. The summed E-state index contributed by atoms with van der Waals surface area (Å²) >= 11 is -1.49. The topological polar surface area (TPSA) is 409 Å². The summed E-state index contributed by atoms with van der Waals surface area (Å²) < 4.78 is 161.